The highest BCUT2D eigenvalue weighted by molar-refractivity contribution is 5.66. The molecule has 9 heavy (non-hydrogen) atoms. The third-order valence-electron chi connectivity index (χ3n) is 2.24. The fourth-order valence-electron chi connectivity index (χ4n) is 1.65. The summed E-state index contributed by atoms with van der Waals surface area (Å²) < 4.78 is 0. The van der Waals surface area contributed by atoms with Crippen molar-refractivity contribution in [2.24, 2.45) is 0 Å². The van der Waals surface area contributed by atoms with E-state index in [4.69, 9.17) is 0 Å². The summed E-state index contributed by atoms with van der Waals surface area (Å²) in [5.74, 6) is 0. The monoisotopic (exact) mass is 126 g/mol. The number of carbonyl (C=O) groups excluding carboxylic acids is 1. The number of nitrogens with one attached hydrogen (secondary N) is 2. The molecule has 2 heterocycles. The van der Waals surface area contributed by atoms with Crippen LogP contribution in [0.1, 0.15) is 6.42 Å². The first kappa shape index (κ1) is 5.38. The fraction of sp³-hybridized carbons (Fsp3) is 0.833. The predicted octanol–water partition coefficient (Wildman–Crippen LogP) is -1.11. The normalized spacial score (nSPS) is 47.8. The second-order valence-electron chi connectivity index (χ2n) is 2.94. The number of aldehydes is 1. The Morgan fingerprint density at radius 3 is 2.78 bits per heavy atom. The molecule has 0 aromatic rings. The molecular formula is C6H10N2O. The van der Waals surface area contributed by atoms with Gasteiger partial charge in [0.2, 0.25) is 0 Å². The molecule has 2 rings (SSSR count). The minimum atomic E-state index is -0.190. The highest BCUT2D eigenvalue weighted by Gasteiger charge is 2.44. The lowest BCUT2D eigenvalue weighted by molar-refractivity contribution is -0.112. The van der Waals surface area contributed by atoms with E-state index >= 15 is 0 Å². The van der Waals surface area contributed by atoms with Crippen molar-refractivity contribution >= 4 is 6.29 Å². The van der Waals surface area contributed by atoms with Crippen LogP contribution in [0, 0.1) is 0 Å². The maximum atomic E-state index is 10.5. The second kappa shape index (κ2) is 1.55. The van der Waals surface area contributed by atoms with Crippen molar-refractivity contribution in [2.45, 2.75) is 18.0 Å². The van der Waals surface area contributed by atoms with Crippen LogP contribution in [0.2, 0.25) is 0 Å². The van der Waals surface area contributed by atoms with Crippen LogP contribution in [-0.4, -0.2) is 31.0 Å². The first-order chi connectivity index (χ1) is 4.35. The van der Waals surface area contributed by atoms with Crippen molar-refractivity contribution in [1.29, 1.82) is 0 Å². The molecule has 2 unspecified atom stereocenters. The molecule has 3 heteroatoms. The van der Waals surface area contributed by atoms with Crippen molar-refractivity contribution in [1.82, 2.24) is 10.6 Å². The van der Waals surface area contributed by atoms with Gasteiger partial charge in [-0.15, -0.1) is 0 Å². The van der Waals surface area contributed by atoms with Gasteiger partial charge in [-0.2, -0.15) is 0 Å². The lowest BCUT2D eigenvalue weighted by atomic mass is 10.0. The Morgan fingerprint density at radius 1 is 1.67 bits per heavy atom. The summed E-state index contributed by atoms with van der Waals surface area (Å²) in [5, 5.41) is 6.44. The van der Waals surface area contributed by atoms with Crippen LogP contribution in [0.5, 0.6) is 0 Å². The molecule has 0 saturated carbocycles. The maximum absolute atomic E-state index is 10.5. The Kier molecular flexibility index (Phi) is 0.926. The van der Waals surface area contributed by atoms with Gasteiger partial charge >= 0.3 is 0 Å². The fourth-order valence-corrected chi connectivity index (χ4v) is 1.65. The van der Waals surface area contributed by atoms with Crippen LogP contribution in [0.15, 0.2) is 0 Å². The summed E-state index contributed by atoms with van der Waals surface area (Å²) in [6, 6.07) is 0.551. The quantitative estimate of drug-likeness (QED) is 0.438. The zero-order chi connectivity index (χ0) is 6.32. The van der Waals surface area contributed by atoms with Gasteiger partial charge in [-0.25, -0.2) is 0 Å². The van der Waals surface area contributed by atoms with E-state index in [0.717, 1.165) is 25.8 Å². The van der Waals surface area contributed by atoms with Crippen molar-refractivity contribution in [2.75, 3.05) is 13.1 Å². The Morgan fingerprint density at radius 2 is 2.56 bits per heavy atom. The van der Waals surface area contributed by atoms with Crippen LogP contribution in [-0.2, 0) is 4.79 Å². The molecule has 0 radical (unpaired) electrons. The summed E-state index contributed by atoms with van der Waals surface area (Å²) in [7, 11) is 0. The topological polar surface area (TPSA) is 41.1 Å². The van der Waals surface area contributed by atoms with E-state index < -0.39 is 0 Å². The standard InChI is InChI=1S/C6H10N2O/c9-4-6-1-5(2-8-6)7-3-6/h4-5,7-8H,1-3H2. The van der Waals surface area contributed by atoms with E-state index in [2.05, 4.69) is 10.6 Å². The molecule has 0 spiro atoms. The minimum Gasteiger partial charge on any atom is -0.310 e. The van der Waals surface area contributed by atoms with Crippen LogP contribution in [0.25, 0.3) is 0 Å². The van der Waals surface area contributed by atoms with Gasteiger partial charge in [0.05, 0.1) is 5.54 Å². The van der Waals surface area contributed by atoms with Gasteiger partial charge in [0.25, 0.3) is 0 Å². The average molecular weight is 126 g/mol. The van der Waals surface area contributed by atoms with Gasteiger partial charge < -0.3 is 15.4 Å². The molecule has 0 aliphatic carbocycles. The van der Waals surface area contributed by atoms with Crippen molar-refractivity contribution in [3.63, 3.8) is 0 Å². The molecule has 2 N–H and O–H groups in total. The molecule has 50 valence electrons. The van der Waals surface area contributed by atoms with Gasteiger partial charge in [0, 0.05) is 19.1 Å². The van der Waals surface area contributed by atoms with Gasteiger partial charge in [0.15, 0.2) is 0 Å². The van der Waals surface area contributed by atoms with Gasteiger partial charge in [-0.3, -0.25) is 0 Å². The van der Waals surface area contributed by atoms with E-state index in [0.29, 0.717) is 6.04 Å². The second-order valence-corrected chi connectivity index (χ2v) is 2.94. The van der Waals surface area contributed by atoms with E-state index in [1.54, 1.807) is 0 Å². The molecule has 2 atom stereocenters. The van der Waals surface area contributed by atoms with E-state index in [-0.39, 0.29) is 5.54 Å². The summed E-state index contributed by atoms with van der Waals surface area (Å²) in [6.45, 7) is 1.78. The number of hydrogen-bond acceptors (Lipinski definition) is 3. The number of hydrogen-bond donors (Lipinski definition) is 2. The highest BCUT2D eigenvalue weighted by atomic mass is 16.1. The SMILES string of the molecule is O=CC12CNC(CN1)C2. The van der Waals surface area contributed by atoms with Crippen LogP contribution in [0.4, 0.5) is 0 Å². The van der Waals surface area contributed by atoms with E-state index in [9.17, 15) is 4.79 Å². The third kappa shape index (κ3) is 0.618. The van der Waals surface area contributed by atoms with Gasteiger partial charge in [-0.1, -0.05) is 0 Å². The van der Waals surface area contributed by atoms with E-state index in [1.165, 1.54) is 0 Å². The summed E-state index contributed by atoms with van der Waals surface area (Å²) in [4.78, 5) is 10.5. The molecule has 2 aliphatic heterocycles. The number of piperazine rings is 1. The Bertz CT molecular complexity index is 138. The van der Waals surface area contributed by atoms with Crippen LogP contribution >= 0.6 is 0 Å². The molecule has 0 amide bonds. The lowest BCUT2D eigenvalue weighted by Gasteiger charge is -2.20. The number of rotatable bonds is 1. The van der Waals surface area contributed by atoms with Gasteiger partial charge in [-0.05, 0) is 6.42 Å². The molecule has 2 saturated heterocycles. The smallest absolute Gasteiger partial charge is 0.141 e. The molecule has 2 aliphatic rings. The predicted molar refractivity (Wildman–Crippen MR) is 33.2 cm³/mol. The maximum Gasteiger partial charge on any atom is 0.141 e. The van der Waals surface area contributed by atoms with Crippen LogP contribution in [0.3, 0.4) is 0 Å². The van der Waals surface area contributed by atoms with Crippen molar-refractivity contribution in [3.8, 4) is 0 Å². The zero-order valence-electron chi connectivity index (χ0n) is 5.18. The Hall–Kier alpha value is -0.410. The summed E-state index contributed by atoms with van der Waals surface area (Å²) >= 11 is 0. The zero-order valence-corrected chi connectivity index (χ0v) is 5.18. The lowest BCUT2D eigenvalue weighted by Crippen LogP contribution is -2.50. The van der Waals surface area contributed by atoms with Crippen LogP contribution < -0.4 is 10.6 Å². The average Bonchev–Trinajstić information content (AvgIpc) is 2.46. The van der Waals surface area contributed by atoms with Crippen molar-refractivity contribution in [3.05, 3.63) is 0 Å². The van der Waals surface area contributed by atoms with E-state index in [1.807, 2.05) is 0 Å². The molecule has 0 aromatic heterocycles. The molecule has 2 fully saturated rings. The molecule has 0 aromatic carbocycles. The number of carbonyl (C=O) groups is 1. The molecule has 2 bridgehead atoms. The highest BCUT2D eigenvalue weighted by Crippen LogP contribution is 2.22. The number of fused-ring (bicyclic) bond motifs is 2. The summed E-state index contributed by atoms with van der Waals surface area (Å²) in [6.07, 6.45) is 2.02. The minimum absolute atomic E-state index is 0.190. The third-order valence-corrected chi connectivity index (χ3v) is 2.24. The Balaban J connectivity index is 2.21. The first-order valence-electron chi connectivity index (χ1n) is 3.29. The Labute approximate surface area is 53.8 Å². The van der Waals surface area contributed by atoms with Gasteiger partial charge in [0.1, 0.15) is 6.29 Å². The summed E-state index contributed by atoms with van der Waals surface area (Å²) in [5.41, 5.74) is -0.190. The largest absolute Gasteiger partial charge is 0.310 e. The first-order valence-corrected chi connectivity index (χ1v) is 3.29. The molecule has 3 nitrogen and oxygen atoms in total. The molecular weight excluding hydrogens is 116 g/mol. The van der Waals surface area contributed by atoms with Crippen molar-refractivity contribution < 1.29 is 4.79 Å².